The number of hydrogen-bond acceptors (Lipinski definition) is 2. The molecule has 0 saturated heterocycles. The van der Waals surface area contributed by atoms with Crippen molar-refractivity contribution in [2.45, 2.75) is 19.6 Å². The lowest BCUT2D eigenvalue weighted by molar-refractivity contribution is 0.426. The van der Waals surface area contributed by atoms with E-state index in [0.29, 0.717) is 5.46 Å². The summed E-state index contributed by atoms with van der Waals surface area (Å²) in [5, 5.41) is 25.4. The number of hydrogen-bond donors (Lipinski definition) is 2. The van der Waals surface area contributed by atoms with Crippen molar-refractivity contribution in [1.82, 2.24) is 0 Å². The zero-order valence-corrected chi connectivity index (χ0v) is 16.9. The topological polar surface area (TPSA) is 40.5 Å². The molecule has 4 rings (SSSR count). The van der Waals surface area contributed by atoms with Gasteiger partial charge in [0.25, 0.3) is 0 Å². The van der Waals surface area contributed by atoms with E-state index >= 15 is 0 Å². The van der Waals surface area contributed by atoms with Crippen LogP contribution >= 0.6 is 0 Å². The van der Waals surface area contributed by atoms with Crippen molar-refractivity contribution in [1.29, 1.82) is 0 Å². The van der Waals surface area contributed by atoms with Crippen LogP contribution in [0, 0.1) is 0 Å². The largest absolute Gasteiger partial charge is 0.489 e. The molecule has 0 fully saturated rings. The molecule has 4 aromatic rings. The molecule has 0 unspecified atom stereocenters. The SMILES string of the molecule is C[Si](C)(C)c1ccc(-c2c3ccccc3c(B(O)O)c3ccccc23)cc1. The summed E-state index contributed by atoms with van der Waals surface area (Å²) in [6.07, 6.45) is 0. The van der Waals surface area contributed by atoms with Crippen molar-refractivity contribution in [3.63, 3.8) is 0 Å². The fourth-order valence-corrected chi connectivity index (χ4v) is 5.05. The summed E-state index contributed by atoms with van der Waals surface area (Å²) in [6.45, 7) is 7.05. The molecule has 0 spiro atoms. The molecule has 0 aromatic heterocycles. The van der Waals surface area contributed by atoms with E-state index in [9.17, 15) is 10.0 Å². The van der Waals surface area contributed by atoms with Crippen molar-refractivity contribution in [2.24, 2.45) is 0 Å². The maximum absolute atomic E-state index is 10.1. The van der Waals surface area contributed by atoms with E-state index in [4.69, 9.17) is 0 Å². The third kappa shape index (κ3) is 3.10. The molecule has 0 amide bonds. The van der Waals surface area contributed by atoms with Crippen LogP contribution in [-0.4, -0.2) is 25.2 Å². The highest BCUT2D eigenvalue weighted by Gasteiger charge is 2.22. The minimum absolute atomic E-state index is 0.573. The molecule has 0 aliphatic heterocycles. The van der Waals surface area contributed by atoms with Crippen LogP contribution in [0.3, 0.4) is 0 Å². The molecular weight excluding hydrogens is 347 g/mol. The lowest BCUT2D eigenvalue weighted by atomic mass is 9.72. The molecule has 0 aliphatic rings. The average Bonchev–Trinajstić information content (AvgIpc) is 2.65. The molecule has 0 aliphatic carbocycles. The van der Waals surface area contributed by atoms with Gasteiger partial charge in [0.05, 0.1) is 8.07 Å². The van der Waals surface area contributed by atoms with Gasteiger partial charge in [-0.05, 0) is 38.1 Å². The number of benzene rings is 4. The third-order valence-corrected chi connectivity index (χ3v) is 7.34. The molecule has 2 N–H and O–H groups in total. The summed E-state index contributed by atoms with van der Waals surface area (Å²) in [4.78, 5) is 0. The maximum atomic E-state index is 10.1. The first-order valence-electron chi connectivity index (χ1n) is 9.28. The average molecular weight is 370 g/mol. The summed E-state index contributed by atoms with van der Waals surface area (Å²) in [5.41, 5.74) is 2.87. The summed E-state index contributed by atoms with van der Waals surface area (Å²) in [5.74, 6) is 0. The molecule has 0 bridgehead atoms. The molecule has 0 saturated carbocycles. The van der Waals surface area contributed by atoms with Crippen LogP contribution in [0.25, 0.3) is 32.7 Å². The second-order valence-electron chi connectivity index (χ2n) is 8.08. The Kier molecular flexibility index (Phi) is 4.43. The van der Waals surface area contributed by atoms with Gasteiger partial charge in [-0.1, -0.05) is 97.6 Å². The van der Waals surface area contributed by atoms with E-state index in [1.165, 1.54) is 5.19 Å². The fourth-order valence-electron chi connectivity index (χ4n) is 3.89. The second kappa shape index (κ2) is 6.64. The van der Waals surface area contributed by atoms with E-state index in [0.717, 1.165) is 32.7 Å². The van der Waals surface area contributed by atoms with Crippen molar-refractivity contribution < 1.29 is 10.0 Å². The van der Waals surface area contributed by atoms with E-state index in [1.54, 1.807) is 0 Å². The Hall–Kier alpha value is -2.40. The standard InChI is InChI=1S/C23H23BO2Si/c1-27(2,3)17-14-12-16(13-15-17)22-18-8-4-6-10-20(18)23(24(25)26)21-11-7-5-9-19(21)22/h4-15,25-26H,1-3H3. The summed E-state index contributed by atoms with van der Waals surface area (Å²) < 4.78 is 0. The van der Waals surface area contributed by atoms with Gasteiger partial charge in [0.2, 0.25) is 0 Å². The van der Waals surface area contributed by atoms with Crippen LogP contribution in [0.5, 0.6) is 0 Å². The van der Waals surface area contributed by atoms with E-state index in [2.05, 4.69) is 56.0 Å². The quantitative estimate of drug-likeness (QED) is 0.424. The van der Waals surface area contributed by atoms with E-state index < -0.39 is 15.2 Å². The molecule has 27 heavy (non-hydrogen) atoms. The Morgan fingerprint density at radius 1 is 0.630 bits per heavy atom. The normalized spacial score (nSPS) is 11.9. The first kappa shape index (κ1) is 18.0. The van der Waals surface area contributed by atoms with Gasteiger partial charge in [0, 0.05) is 0 Å². The monoisotopic (exact) mass is 370 g/mol. The molecule has 0 heterocycles. The first-order chi connectivity index (χ1) is 12.9. The second-order valence-corrected chi connectivity index (χ2v) is 13.2. The minimum Gasteiger partial charge on any atom is -0.423 e. The highest BCUT2D eigenvalue weighted by molar-refractivity contribution is 6.88. The third-order valence-electron chi connectivity index (χ3n) is 5.27. The maximum Gasteiger partial charge on any atom is 0.489 e. The molecule has 0 atom stereocenters. The molecular formula is C23H23BO2Si. The molecule has 2 nitrogen and oxygen atoms in total. The zero-order chi connectivity index (χ0) is 19.2. The highest BCUT2D eigenvalue weighted by Crippen LogP contribution is 2.35. The van der Waals surface area contributed by atoms with Crippen molar-refractivity contribution in [2.75, 3.05) is 0 Å². The highest BCUT2D eigenvalue weighted by atomic mass is 28.3. The van der Waals surface area contributed by atoms with E-state index in [-0.39, 0.29) is 0 Å². The van der Waals surface area contributed by atoms with Crippen LogP contribution in [0.2, 0.25) is 19.6 Å². The Morgan fingerprint density at radius 3 is 1.48 bits per heavy atom. The van der Waals surface area contributed by atoms with Crippen molar-refractivity contribution in [3.8, 4) is 11.1 Å². The lowest BCUT2D eigenvalue weighted by Gasteiger charge is -2.19. The Labute approximate surface area is 161 Å². The van der Waals surface area contributed by atoms with Gasteiger partial charge in [-0.25, -0.2) is 0 Å². The van der Waals surface area contributed by atoms with Gasteiger partial charge in [-0.15, -0.1) is 0 Å². The summed E-state index contributed by atoms with van der Waals surface area (Å²) >= 11 is 0. The van der Waals surface area contributed by atoms with Crippen LogP contribution in [0.1, 0.15) is 0 Å². The van der Waals surface area contributed by atoms with Gasteiger partial charge >= 0.3 is 7.12 Å². The zero-order valence-electron chi connectivity index (χ0n) is 15.9. The lowest BCUT2D eigenvalue weighted by Crippen LogP contribution is -2.37. The molecule has 134 valence electrons. The van der Waals surface area contributed by atoms with Crippen LogP contribution in [0.4, 0.5) is 0 Å². The Balaban J connectivity index is 2.10. The van der Waals surface area contributed by atoms with Crippen LogP contribution < -0.4 is 10.6 Å². The fraction of sp³-hybridized carbons (Fsp3) is 0.130. The van der Waals surface area contributed by atoms with Crippen LogP contribution in [-0.2, 0) is 0 Å². The smallest absolute Gasteiger partial charge is 0.423 e. The van der Waals surface area contributed by atoms with E-state index in [1.807, 2.05) is 36.4 Å². The summed E-state index contributed by atoms with van der Waals surface area (Å²) in [6, 6.07) is 24.9. The Bertz CT molecular complexity index is 1070. The minimum atomic E-state index is -1.51. The number of fused-ring (bicyclic) bond motifs is 2. The molecule has 4 heteroatoms. The predicted molar refractivity (Wildman–Crippen MR) is 120 cm³/mol. The first-order valence-corrected chi connectivity index (χ1v) is 12.8. The summed E-state index contributed by atoms with van der Waals surface area (Å²) in [7, 11) is -2.87. The van der Waals surface area contributed by atoms with Crippen LogP contribution in [0.15, 0.2) is 72.8 Å². The Morgan fingerprint density at radius 2 is 1.07 bits per heavy atom. The molecule has 4 aromatic carbocycles. The predicted octanol–water partition coefficient (Wildman–Crippen LogP) is 3.89. The van der Waals surface area contributed by atoms with Crippen molar-refractivity contribution >= 4 is 47.4 Å². The van der Waals surface area contributed by atoms with Gasteiger partial charge < -0.3 is 10.0 Å². The van der Waals surface area contributed by atoms with Gasteiger partial charge in [0.15, 0.2) is 0 Å². The van der Waals surface area contributed by atoms with Gasteiger partial charge in [0.1, 0.15) is 0 Å². The van der Waals surface area contributed by atoms with Crippen molar-refractivity contribution in [3.05, 3.63) is 72.8 Å². The van der Waals surface area contributed by atoms with Gasteiger partial charge in [-0.2, -0.15) is 0 Å². The molecule has 0 radical (unpaired) electrons. The van der Waals surface area contributed by atoms with Gasteiger partial charge in [-0.3, -0.25) is 0 Å². The number of rotatable bonds is 3.